The van der Waals surface area contributed by atoms with E-state index in [1.807, 2.05) is 6.07 Å². The fourth-order valence-electron chi connectivity index (χ4n) is 1.65. The first-order valence-corrected chi connectivity index (χ1v) is 9.44. The molecule has 0 saturated carbocycles. The van der Waals surface area contributed by atoms with Crippen LogP contribution in [0.4, 0.5) is 4.39 Å². The third-order valence-electron chi connectivity index (χ3n) is 2.56. The molecule has 0 atom stereocenters. The van der Waals surface area contributed by atoms with Crippen molar-refractivity contribution in [3.05, 3.63) is 46.2 Å². The molecule has 0 aliphatic rings. The van der Waals surface area contributed by atoms with Gasteiger partial charge in [-0.25, -0.2) is 4.39 Å². The number of rotatable bonds is 3. The zero-order valence-corrected chi connectivity index (χ0v) is 13.6. The van der Waals surface area contributed by atoms with Crippen LogP contribution in [0, 0.1) is 11.3 Å². The number of alkyl halides is 1. The molecule has 0 saturated heterocycles. The highest BCUT2D eigenvalue weighted by molar-refractivity contribution is 8.65. The van der Waals surface area contributed by atoms with E-state index < -0.39 is 14.5 Å². The van der Waals surface area contributed by atoms with Gasteiger partial charge in [-0.1, -0.05) is 23.2 Å². The summed E-state index contributed by atoms with van der Waals surface area (Å²) in [7, 11) is 9.22. The van der Waals surface area contributed by atoms with E-state index >= 15 is 0 Å². The number of nitriles is 1. The summed E-state index contributed by atoms with van der Waals surface area (Å²) in [6.45, 7) is 0. The van der Waals surface area contributed by atoms with Crippen LogP contribution >= 0.6 is 53.0 Å². The van der Waals surface area contributed by atoms with Crippen molar-refractivity contribution >= 4 is 53.0 Å². The fourth-order valence-corrected chi connectivity index (χ4v) is 3.70. The second-order valence-electron chi connectivity index (χ2n) is 3.84. The zero-order valence-electron chi connectivity index (χ0n) is 9.79. The first kappa shape index (κ1) is 15.8. The SMILES string of the molecule is N#Cc1cn(-c2ccc(Cl)cc2Cl)cc1S(Cl)(Cl)CF. The molecule has 20 heavy (non-hydrogen) atoms. The van der Waals surface area contributed by atoms with Crippen LogP contribution < -0.4 is 0 Å². The summed E-state index contributed by atoms with van der Waals surface area (Å²) in [6.07, 6.45) is 3.02. The molecule has 2 aromatic rings. The molecule has 2 rings (SSSR count). The van der Waals surface area contributed by atoms with Gasteiger partial charge in [-0.2, -0.15) is 5.26 Å². The van der Waals surface area contributed by atoms with E-state index in [1.165, 1.54) is 12.4 Å². The monoisotopic (exact) mass is 370 g/mol. The molecule has 0 fully saturated rings. The van der Waals surface area contributed by atoms with E-state index in [9.17, 15) is 4.39 Å². The van der Waals surface area contributed by atoms with Crippen LogP contribution in [0.15, 0.2) is 35.5 Å². The van der Waals surface area contributed by atoms with E-state index in [0.29, 0.717) is 15.7 Å². The molecular formula is C12H7Cl4FN2S. The van der Waals surface area contributed by atoms with Gasteiger partial charge in [0, 0.05) is 17.4 Å². The highest BCUT2D eigenvalue weighted by Gasteiger charge is 2.26. The van der Waals surface area contributed by atoms with Gasteiger partial charge in [0.25, 0.3) is 0 Å². The lowest BCUT2D eigenvalue weighted by molar-refractivity contribution is 0.603. The minimum absolute atomic E-state index is 0.216. The van der Waals surface area contributed by atoms with Crippen LogP contribution in [0.5, 0.6) is 0 Å². The summed E-state index contributed by atoms with van der Waals surface area (Å²) < 4.78 is 14.5. The van der Waals surface area contributed by atoms with E-state index in [-0.39, 0.29) is 10.5 Å². The summed E-state index contributed by atoms with van der Waals surface area (Å²) >= 11 is 11.9. The molecule has 0 unspecified atom stereocenters. The van der Waals surface area contributed by atoms with Crippen molar-refractivity contribution in [2.45, 2.75) is 4.90 Å². The van der Waals surface area contributed by atoms with Crippen LogP contribution in [0.2, 0.25) is 10.0 Å². The third-order valence-corrected chi connectivity index (χ3v) is 5.83. The molecule has 0 aliphatic heterocycles. The van der Waals surface area contributed by atoms with Crippen LogP contribution in [-0.2, 0) is 0 Å². The Bertz CT molecular complexity index is 693. The van der Waals surface area contributed by atoms with Crippen molar-refractivity contribution in [2.75, 3.05) is 6.01 Å². The van der Waals surface area contributed by atoms with Gasteiger partial charge >= 0.3 is 0 Å². The predicted molar refractivity (Wildman–Crippen MR) is 84.0 cm³/mol. The van der Waals surface area contributed by atoms with E-state index in [4.69, 9.17) is 49.8 Å². The van der Waals surface area contributed by atoms with Crippen molar-refractivity contribution in [2.24, 2.45) is 0 Å². The van der Waals surface area contributed by atoms with Gasteiger partial charge in [0.05, 0.1) is 21.2 Å². The molecule has 0 aliphatic carbocycles. The number of benzene rings is 1. The number of hydrogen-bond acceptors (Lipinski definition) is 1. The van der Waals surface area contributed by atoms with Gasteiger partial charge in [-0.3, -0.25) is 0 Å². The Labute approximate surface area is 135 Å². The van der Waals surface area contributed by atoms with Crippen LogP contribution in [0.3, 0.4) is 0 Å². The Morgan fingerprint density at radius 1 is 1.25 bits per heavy atom. The molecular weight excluding hydrogens is 365 g/mol. The number of nitrogens with zero attached hydrogens (tertiary/aromatic N) is 2. The molecule has 1 heterocycles. The van der Waals surface area contributed by atoms with Crippen molar-refractivity contribution < 1.29 is 4.39 Å². The van der Waals surface area contributed by atoms with Gasteiger partial charge < -0.3 is 4.57 Å². The minimum Gasteiger partial charge on any atom is -0.320 e. The first-order valence-electron chi connectivity index (χ1n) is 5.23. The van der Waals surface area contributed by atoms with Crippen LogP contribution in [0.25, 0.3) is 5.69 Å². The van der Waals surface area contributed by atoms with Gasteiger partial charge in [0.2, 0.25) is 0 Å². The summed E-state index contributed by atoms with van der Waals surface area (Å²) in [5, 5.41) is 9.99. The molecule has 0 bridgehead atoms. The fraction of sp³-hybridized carbons (Fsp3) is 0.0833. The molecule has 0 spiro atoms. The molecule has 0 amide bonds. The molecule has 8 heteroatoms. The summed E-state index contributed by atoms with van der Waals surface area (Å²) in [5.41, 5.74) is 0.815. The third kappa shape index (κ3) is 3.03. The number of hydrogen-bond donors (Lipinski definition) is 0. The Morgan fingerprint density at radius 3 is 2.50 bits per heavy atom. The molecule has 1 aromatic heterocycles. The highest BCUT2D eigenvalue weighted by atomic mass is 36.0. The Hall–Kier alpha value is -0.570. The maximum Gasteiger partial charge on any atom is 0.148 e. The van der Waals surface area contributed by atoms with E-state index in [0.717, 1.165) is 0 Å². The lowest BCUT2D eigenvalue weighted by atomic mass is 10.3. The van der Waals surface area contributed by atoms with Gasteiger partial charge in [0.15, 0.2) is 0 Å². The second kappa shape index (κ2) is 6.05. The minimum atomic E-state index is -2.68. The molecule has 0 N–H and O–H groups in total. The predicted octanol–water partition coefficient (Wildman–Crippen LogP) is 6.05. The molecule has 1 aromatic carbocycles. The van der Waals surface area contributed by atoms with E-state index in [1.54, 1.807) is 22.8 Å². The number of halogens is 5. The Morgan fingerprint density at radius 2 is 1.95 bits per heavy atom. The van der Waals surface area contributed by atoms with Crippen LogP contribution in [-0.4, -0.2) is 10.6 Å². The average molecular weight is 372 g/mol. The molecule has 2 nitrogen and oxygen atoms in total. The lowest BCUT2D eigenvalue weighted by Gasteiger charge is -2.19. The second-order valence-corrected chi connectivity index (χ2v) is 10.1. The van der Waals surface area contributed by atoms with Crippen molar-refractivity contribution in [3.8, 4) is 11.8 Å². The standard InChI is InChI=1S/C12H7Cl4FN2S/c13-9-1-2-11(10(14)3-9)19-5-8(4-18)12(6-19)20(15,16)7-17/h1-3,5-6H,7H2. The topological polar surface area (TPSA) is 28.7 Å². The van der Waals surface area contributed by atoms with Gasteiger partial charge in [0.1, 0.15) is 12.1 Å². The van der Waals surface area contributed by atoms with Crippen molar-refractivity contribution in [1.29, 1.82) is 5.26 Å². The maximum absolute atomic E-state index is 12.9. The normalized spacial score (nSPS) is 12.2. The zero-order chi connectivity index (χ0) is 14.9. The van der Waals surface area contributed by atoms with Crippen molar-refractivity contribution in [3.63, 3.8) is 0 Å². The maximum atomic E-state index is 12.9. The average Bonchev–Trinajstić information content (AvgIpc) is 2.83. The summed E-state index contributed by atoms with van der Waals surface area (Å²) in [6, 6.07) is 5.94. The smallest absolute Gasteiger partial charge is 0.148 e. The lowest BCUT2D eigenvalue weighted by Crippen LogP contribution is -1.91. The molecule has 106 valence electrons. The number of aromatic nitrogens is 1. The summed E-state index contributed by atoms with van der Waals surface area (Å²) in [5.74, 6) is 0. The van der Waals surface area contributed by atoms with Crippen LogP contribution in [0.1, 0.15) is 5.56 Å². The molecule has 0 radical (unpaired) electrons. The quantitative estimate of drug-likeness (QED) is 0.645. The van der Waals surface area contributed by atoms with Gasteiger partial charge in [-0.15, -0.1) is 0 Å². The largest absolute Gasteiger partial charge is 0.320 e. The Kier molecular flexibility index (Phi) is 4.78. The first-order chi connectivity index (χ1) is 9.39. The Balaban J connectivity index is 2.58. The van der Waals surface area contributed by atoms with E-state index in [2.05, 4.69) is 0 Å². The van der Waals surface area contributed by atoms with Gasteiger partial charge in [-0.05, 0) is 48.0 Å². The van der Waals surface area contributed by atoms with Crippen molar-refractivity contribution in [1.82, 2.24) is 4.57 Å². The summed E-state index contributed by atoms with van der Waals surface area (Å²) in [4.78, 5) is 0.275. The highest BCUT2D eigenvalue weighted by Crippen LogP contribution is 2.66.